The van der Waals surface area contributed by atoms with Gasteiger partial charge >= 0.3 is 0 Å². The van der Waals surface area contributed by atoms with Gasteiger partial charge in [-0.2, -0.15) is 0 Å². The molecule has 3 heteroatoms. The van der Waals surface area contributed by atoms with Crippen LogP contribution in [0.2, 0.25) is 0 Å². The smallest absolute Gasteiger partial charge is 0.156 e. The van der Waals surface area contributed by atoms with Crippen LogP contribution in [0.3, 0.4) is 0 Å². The van der Waals surface area contributed by atoms with Crippen LogP contribution in [0.1, 0.15) is 129 Å². The lowest BCUT2D eigenvalue weighted by Gasteiger charge is -2.16. The van der Waals surface area contributed by atoms with Crippen molar-refractivity contribution in [1.82, 2.24) is 4.90 Å². The molecule has 0 saturated heterocycles. The van der Waals surface area contributed by atoms with Crippen molar-refractivity contribution in [1.29, 1.82) is 0 Å². The molecule has 0 aromatic heterocycles. The molecule has 1 heterocycles. The van der Waals surface area contributed by atoms with Crippen molar-refractivity contribution in [3.8, 4) is 0 Å². The van der Waals surface area contributed by atoms with E-state index < -0.39 is 0 Å². The van der Waals surface area contributed by atoms with Gasteiger partial charge < -0.3 is 21.9 Å². The largest absolute Gasteiger partial charge is 1.00 e. The molecule has 0 amide bonds. The number of nitrogens with one attached hydrogen (secondary N) is 1. The summed E-state index contributed by atoms with van der Waals surface area (Å²) in [6.07, 6.45) is 30.6. The van der Waals surface area contributed by atoms with Crippen LogP contribution >= 0.6 is 0 Å². The Labute approximate surface area is 188 Å². The number of rotatable bonds is 20. The maximum Gasteiger partial charge on any atom is 0.156 e. The standard InChI is InChI=1S/C25H50N2.BrH/c1-3-5-7-8-9-10-11-12-13-14-15-16-17-18-19-20-22-27-24-23-26(25-27)21-6-4-2;/h23-24H,3-22,25H2,1-2H3;1H. The van der Waals surface area contributed by atoms with Crippen molar-refractivity contribution in [2.24, 2.45) is 0 Å². The fourth-order valence-corrected chi connectivity index (χ4v) is 4.16. The minimum atomic E-state index is 0. The highest BCUT2D eigenvalue weighted by molar-refractivity contribution is 4.77. The van der Waals surface area contributed by atoms with Crippen molar-refractivity contribution in [2.75, 3.05) is 19.8 Å². The first kappa shape index (κ1) is 28.0. The van der Waals surface area contributed by atoms with Gasteiger partial charge in [-0.1, -0.05) is 117 Å². The molecule has 0 spiro atoms. The van der Waals surface area contributed by atoms with Crippen LogP contribution in [0, 0.1) is 0 Å². The van der Waals surface area contributed by atoms with Gasteiger partial charge in [0.25, 0.3) is 0 Å². The number of hydrogen-bond donors (Lipinski definition) is 1. The molecule has 28 heavy (non-hydrogen) atoms. The topological polar surface area (TPSA) is 7.68 Å². The van der Waals surface area contributed by atoms with Crippen molar-refractivity contribution >= 4 is 0 Å². The molecule has 0 aromatic carbocycles. The first-order valence-electron chi connectivity index (χ1n) is 12.6. The first-order valence-corrected chi connectivity index (χ1v) is 12.6. The van der Waals surface area contributed by atoms with Gasteiger partial charge in [0, 0.05) is 6.54 Å². The normalized spacial score (nSPS) is 15.9. The number of unbranched alkanes of at least 4 members (excludes halogenated alkanes) is 16. The molecule has 1 aliphatic rings. The zero-order valence-electron chi connectivity index (χ0n) is 19.3. The summed E-state index contributed by atoms with van der Waals surface area (Å²) >= 11 is 0. The summed E-state index contributed by atoms with van der Waals surface area (Å²) in [5, 5.41) is 0. The Hall–Kier alpha value is -0.0200. The Kier molecular flexibility index (Phi) is 21.7. The zero-order valence-corrected chi connectivity index (χ0v) is 20.9. The lowest BCUT2D eigenvalue weighted by atomic mass is 10.0. The second-order valence-corrected chi connectivity index (χ2v) is 8.85. The van der Waals surface area contributed by atoms with E-state index in [4.69, 9.17) is 0 Å². The van der Waals surface area contributed by atoms with E-state index in [1.807, 2.05) is 0 Å². The van der Waals surface area contributed by atoms with E-state index >= 15 is 0 Å². The van der Waals surface area contributed by atoms with E-state index in [0.29, 0.717) is 0 Å². The van der Waals surface area contributed by atoms with Crippen molar-refractivity contribution in [3.05, 3.63) is 12.4 Å². The summed E-state index contributed by atoms with van der Waals surface area (Å²) in [5.41, 5.74) is 0. The molecule has 0 aromatic rings. The van der Waals surface area contributed by atoms with E-state index in [1.54, 1.807) is 4.90 Å². The van der Waals surface area contributed by atoms with Crippen molar-refractivity contribution in [3.63, 3.8) is 0 Å². The fourth-order valence-electron chi connectivity index (χ4n) is 4.16. The van der Waals surface area contributed by atoms with E-state index in [1.165, 1.54) is 135 Å². The highest BCUT2D eigenvalue weighted by Crippen LogP contribution is 2.13. The summed E-state index contributed by atoms with van der Waals surface area (Å²) in [7, 11) is 0. The third kappa shape index (κ3) is 16.9. The number of quaternary nitrogens is 1. The van der Waals surface area contributed by atoms with E-state index in [-0.39, 0.29) is 17.0 Å². The Morgan fingerprint density at radius 2 is 1.04 bits per heavy atom. The summed E-state index contributed by atoms with van der Waals surface area (Å²) in [5.74, 6) is 0. The minimum absolute atomic E-state index is 0. The number of nitrogens with zero attached hydrogens (tertiary/aromatic N) is 1. The number of halogens is 1. The monoisotopic (exact) mass is 458 g/mol. The Morgan fingerprint density at radius 3 is 1.50 bits per heavy atom. The maximum atomic E-state index is 2.52. The van der Waals surface area contributed by atoms with Gasteiger partial charge in [0.1, 0.15) is 6.20 Å². The third-order valence-corrected chi connectivity index (χ3v) is 6.08. The van der Waals surface area contributed by atoms with Gasteiger partial charge in [-0.15, -0.1) is 0 Å². The van der Waals surface area contributed by atoms with Gasteiger partial charge in [-0.25, -0.2) is 0 Å². The predicted molar refractivity (Wildman–Crippen MR) is 121 cm³/mol. The molecular formula is C25H51BrN2. The average Bonchev–Trinajstić information content (AvgIpc) is 3.13. The van der Waals surface area contributed by atoms with E-state index in [9.17, 15) is 0 Å². The molecule has 1 atom stereocenters. The molecule has 0 aliphatic carbocycles. The van der Waals surface area contributed by atoms with Gasteiger partial charge in [0.05, 0.1) is 12.7 Å². The van der Waals surface area contributed by atoms with Gasteiger partial charge in [0.2, 0.25) is 0 Å². The first-order chi connectivity index (χ1) is 13.4. The van der Waals surface area contributed by atoms with Crippen LogP contribution in [0.4, 0.5) is 0 Å². The second-order valence-electron chi connectivity index (χ2n) is 8.85. The Balaban J connectivity index is 0.00000729. The molecule has 0 saturated carbocycles. The van der Waals surface area contributed by atoms with Crippen LogP contribution in [-0.2, 0) is 0 Å². The van der Waals surface area contributed by atoms with E-state index in [0.717, 1.165) is 0 Å². The molecule has 168 valence electrons. The average molecular weight is 460 g/mol. The second kappa shape index (κ2) is 21.7. The molecule has 1 rings (SSSR count). The fraction of sp³-hybridized carbons (Fsp3) is 0.920. The van der Waals surface area contributed by atoms with Crippen LogP contribution in [0.15, 0.2) is 12.4 Å². The lowest BCUT2D eigenvalue weighted by Crippen LogP contribution is -3.07. The molecule has 0 bridgehead atoms. The molecule has 1 N–H and O–H groups in total. The quantitative estimate of drug-likeness (QED) is 0.273. The summed E-state index contributed by atoms with van der Waals surface area (Å²) < 4.78 is 0. The molecule has 2 nitrogen and oxygen atoms in total. The van der Waals surface area contributed by atoms with E-state index in [2.05, 4.69) is 31.1 Å². The Bertz CT molecular complexity index is 333. The SMILES string of the molecule is CCCCCCCCCCCCCCCCCCN1C=C[NH+](CCCC)C1.[Br-]. The summed E-state index contributed by atoms with van der Waals surface area (Å²) in [6.45, 7) is 8.37. The van der Waals surface area contributed by atoms with Crippen LogP contribution < -0.4 is 21.9 Å². The van der Waals surface area contributed by atoms with Gasteiger partial charge in [-0.05, 0) is 12.8 Å². The number of hydrogen-bond acceptors (Lipinski definition) is 1. The lowest BCUT2D eigenvalue weighted by molar-refractivity contribution is -0.849. The summed E-state index contributed by atoms with van der Waals surface area (Å²) in [6, 6.07) is 0. The van der Waals surface area contributed by atoms with Crippen LogP contribution in [0.25, 0.3) is 0 Å². The molecule has 1 aliphatic heterocycles. The predicted octanol–water partition coefficient (Wildman–Crippen LogP) is 3.68. The molecular weight excluding hydrogens is 408 g/mol. The summed E-state index contributed by atoms with van der Waals surface area (Å²) in [4.78, 5) is 4.17. The molecule has 0 radical (unpaired) electrons. The third-order valence-electron chi connectivity index (χ3n) is 6.08. The highest BCUT2D eigenvalue weighted by atomic mass is 79.9. The van der Waals surface area contributed by atoms with Crippen molar-refractivity contribution < 1.29 is 21.9 Å². The Morgan fingerprint density at radius 1 is 0.607 bits per heavy atom. The van der Waals surface area contributed by atoms with Crippen LogP contribution in [0.5, 0.6) is 0 Å². The zero-order chi connectivity index (χ0) is 19.4. The van der Waals surface area contributed by atoms with Crippen LogP contribution in [-0.4, -0.2) is 24.7 Å². The van der Waals surface area contributed by atoms with Crippen molar-refractivity contribution in [2.45, 2.75) is 129 Å². The highest BCUT2D eigenvalue weighted by Gasteiger charge is 2.15. The van der Waals surface area contributed by atoms with Gasteiger partial charge in [-0.3, -0.25) is 4.90 Å². The molecule has 1 unspecified atom stereocenters. The minimum Gasteiger partial charge on any atom is -1.00 e. The molecule has 0 fully saturated rings. The maximum absolute atomic E-state index is 2.52. The van der Waals surface area contributed by atoms with Gasteiger partial charge in [0.15, 0.2) is 6.67 Å².